The molecule has 1 aliphatic rings. The van der Waals surface area contributed by atoms with Crippen molar-refractivity contribution in [1.82, 2.24) is 4.98 Å². The summed E-state index contributed by atoms with van der Waals surface area (Å²) in [5, 5.41) is 19.9. The first-order valence-corrected chi connectivity index (χ1v) is 7.05. The molecular weight excluding hydrogens is 276 g/mol. The first-order chi connectivity index (χ1) is 10.0. The Labute approximate surface area is 122 Å². The molecule has 0 aliphatic heterocycles. The number of hydrogen-bond acceptors (Lipinski definition) is 5. The molecule has 0 amide bonds. The summed E-state index contributed by atoms with van der Waals surface area (Å²) >= 11 is 0. The fourth-order valence-electron chi connectivity index (χ4n) is 2.66. The van der Waals surface area contributed by atoms with Crippen molar-refractivity contribution in [2.75, 3.05) is 0 Å². The van der Waals surface area contributed by atoms with Crippen molar-refractivity contribution in [2.45, 2.75) is 45.1 Å². The van der Waals surface area contributed by atoms with E-state index in [-0.39, 0.29) is 17.5 Å². The summed E-state index contributed by atoms with van der Waals surface area (Å²) in [5.74, 6) is -0.770. The van der Waals surface area contributed by atoms with Crippen LogP contribution in [-0.4, -0.2) is 27.1 Å². The van der Waals surface area contributed by atoms with Crippen LogP contribution < -0.4 is 4.74 Å². The Bertz CT molecular complexity index is 546. The number of nitro groups is 1. The van der Waals surface area contributed by atoms with Crippen molar-refractivity contribution in [3.8, 4) is 5.88 Å². The molecule has 0 bridgehead atoms. The van der Waals surface area contributed by atoms with E-state index in [4.69, 9.17) is 9.84 Å². The molecule has 0 saturated heterocycles. The molecule has 7 heteroatoms. The lowest BCUT2D eigenvalue weighted by atomic mass is 9.85. The fraction of sp³-hybridized carbons (Fsp3) is 0.571. The summed E-state index contributed by atoms with van der Waals surface area (Å²) in [7, 11) is 0. The Morgan fingerprint density at radius 2 is 2.33 bits per heavy atom. The summed E-state index contributed by atoms with van der Waals surface area (Å²) in [4.78, 5) is 25.1. The third-order valence-corrected chi connectivity index (χ3v) is 3.87. The minimum Gasteiger partial charge on any atom is -0.478 e. The number of hydrogen-bond donors (Lipinski definition) is 1. The summed E-state index contributed by atoms with van der Waals surface area (Å²) in [6.45, 7) is 2.12. The largest absolute Gasteiger partial charge is 0.478 e. The molecule has 2 atom stereocenters. The number of nitrogens with zero attached hydrogens (tertiary/aromatic N) is 2. The van der Waals surface area contributed by atoms with Crippen molar-refractivity contribution in [3.05, 3.63) is 27.9 Å². The number of rotatable bonds is 5. The molecule has 1 fully saturated rings. The van der Waals surface area contributed by atoms with Crippen molar-refractivity contribution < 1.29 is 19.6 Å². The van der Waals surface area contributed by atoms with Crippen LogP contribution in [0.3, 0.4) is 0 Å². The van der Waals surface area contributed by atoms with Gasteiger partial charge in [-0.25, -0.2) is 9.78 Å². The van der Waals surface area contributed by atoms with Crippen LogP contribution in [0.15, 0.2) is 12.3 Å². The van der Waals surface area contributed by atoms with Gasteiger partial charge in [0.25, 0.3) is 5.88 Å². The lowest BCUT2D eigenvalue weighted by Gasteiger charge is -2.28. The monoisotopic (exact) mass is 294 g/mol. The second-order valence-corrected chi connectivity index (χ2v) is 5.29. The topological polar surface area (TPSA) is 103 Å². The maximum Gasteiger partial charge on any atom is 0.337 e. The predicted molar refractivity (Wildman–Crippen MR) is 74.5 cm³/mol. The predicted octanol–water partition coefficient (Wildman–Crippen LogP) is 3.04. The molecule has 0 spiro atoms. The van der Waals surface area contributed by atoms with Crippen molar-refractivity contribution in [2.24, 2.45) is 5.92 Å². The molecule has 1 aliphatic carbocycles. The molecular formula is C14H18N2O5. The Kier molecular flexibility index (Phi) is 4.72. The highest BCUT2D eigenvalue weighted by molar-refractivity contribution is 5.88. The summed E-state index contributed by atoms with van der Waals surface area (Å²) in [5.41, 5.74) is -0.613. The standard InChI is InChI=1S/C14H18N2O5/c1-2-9-4-3-5-11(6-9)21-13-12(16(19)20)7-10(8-15-13)14(17)18/h7-9,11H,2-6H2,1H3,(H,17,18). The minimum absolute atomic E-state index is 0.0910. The zero-order chi connectivity index (χ0) is 15.4. The molecule has 1 aromatic heterocycles. The van der Waals surface area contributed by atoms with Crippen LogP contribution in [0.5, 0.6) is 5.88 Å². The number of aromatic nitrogens is 1. The highest BCUT2D eigenvalue weighted by atomic mass is 16.6. The van der Waals surface area contributed by atoms with Gasteiger partial charge in [0.15, 0.2) is 0 Å². The Morgan fingerprint density at radius 3 is 2.95 bits per heavy atom. The maximum absolute atomic E-state index is 11.1. The number of carbonyl (C=O) groups is 1. The van der Waals surface area contributed by atoms with E-state index >= 15 is 0 Å². The summed E-state index contributed by atoms with van der Waals surface area (Å²) < 4.78 is 5.67. The third kappa shape index (κ3) is 3.68. The zero-order valence-corrected chi connectivity index (χ0v) is 11.8. The van der Waals surface area contributed by atoms with Crippen LogP contribution in [0, 0.1) is 16.0 Å². The molecule has 1 heterocycles. The molecule has 1 N–H and O–H groups in total. The normalized spacial score (nSPS) is 21.8. The SMILES string of the molecule is CCC1CCCC(Oc2ncc(C(=O)O)cc2[N+](=O)[O-])C1. The van der Waals surface area contributed by atoms with Gasteiger partial charge in [-0.1, -0.05) is 19.8 Å². The van der Waals surface area contributed by atoms with Crippen molar-refractivity contribution in [3.63, 3.8) is 0 Å². The number of ether oxygens (including phenoxy) is 1. The van der Waals surface area contributed by atoms with Crippen LogP contribution >= 0.6 is 0 Å². The van der Waals surface area contributed by atoms with E-state index in [9.17, 15) is 14.9 Å². The van der Waals surface area contributed by atoms with Gasteiger partial charge in [0.2, 0.25) is 0 Å². The van der Waals surface area contributed by atoms with E-state index in [1.54, 1.807) is 0 Å². The Hall–Kier alpha value is -2.18. The lowest BCUT2D eigenvalue weighted by molar-refractivity contribution is -0.386. The molecule has 21 heavy (non-hydrogen) atoms. The molecule has 0 aromatic carbocycles. The minimum atomic E-state index is -1.25. The van der Waals surface area contributed by atoms with Crippen LogP contribution in [-0.2, 0) is 0 Å². The number of aromatic carboxylic acids is 1. The first kappa shape index (κ1) is 15.2. The van der Waals surface area contributed by atoms with Crippen LogP contribution in [0.1, 0.15) is 49.4 Å². The molecule has 1 aromatic rings. The lowest BCUT2D eigenvalue weighted by Crippen LogP contribution is -2.25. The van der Waals surface area contributed by atoms with Gasteiger partial charge >= 0.3 is 11.7 Å². The molecule has 0 radical (unpaired) electrons. The molecule has 2 unspecified atom stereocenters. The van der Waals surface area contributed by atoms with Crippen LogP contribution in [0.4, 0.5) is 5.69 Å². The highest BCUT2D eigenvalue weighted by Crippen LogP contribution is 2.32. The Morgan fingerprint density at radius 1 is 1.57 bits per heavy atom. The highest BCUT2D eigenvalue weighted by Gasteiger charge is 2.27. The first-order valence-electron chi connectivity index (χ1n) is 7.05. The molecule has 1 saturated carbocycles. The average Bonchev–Trinajstić information content (AvgIpc) is 2.47. The number of carboxylic acids is 1. The Balaban J connectivity index is 2.19. The van der Waals surface area contributed by atoms with Gasteiger partial charge in [-0.2, -0.15) is 0 Å². The van der Waals surface area contributed by atoms with Gasteiger partial charge in [-0.3, -0.25) is 10.1 Å². The third-order valence-electron chi connectivity index (χ3n) is 3.87. The van der Waals surface area contributed by atoms with Gasteiger partial charge in [0.1, 0.15) is 6.10 Å². The number of pyridine rings is 1. The van der Waals surface area contributed by atoms with Gasteiger partial charge in [0.05, 0.1) is 10.5 Å². The van der Waals surface area contributed by atoms with E-state index < -0.39 is 16.6 Å². The summed E-state index contributed by atoms with van der Waals surface area (Å²) in [6.07, 6.45) is 5.95. The van der Waals surface area contributed by atoms with Gasteiger partial charge < -0.3 is 9.84 Å². The molecule has 114 valence electrons. The van der Waals surface area contributed by atoms with Crippen molar-refractivity contribution >= 4 is 11.7 Å². The van der Waals surface area contributed by atoms with Gasteiger partial charge in [0, 0.05) is 12.3 Å². The van der Waals surface area contributed by atoms with E-state index in [1.165, 1.54) is 0 Å². The maximum atomic E-state index is 11.1. The van der Waals surface area contributed by atoms with Crippen LogP contribution in [0.2, 0.25) is 0 Å². The van der Waals surface area contributed by atoms with E-state index in [2.05, 4.69) is 11.9 Å². The van der Waals surface area contributed by atoms with Gasteiger partial charge in [-0.15, -0.1) is 0 Å². The van der Waals surface area contributed by atoms with Crippen LogP contribution in [0.25, 0.3) is 0 Å². The van der Waals surface area contributed by atoms with E-state index in [0.717, 1.165) is 44.4 Å². The molecule has 7 nitrogen and oxygen atoms in total. The zero-order valence-electron chi connectivity index (χ0n) is 11.8. The number of carboxylic acid groups (broad SMARTS) is 1. The van der Waals surface area contributed by atoms with E-state index in [0.29, 0.717) is 5.92 Å². The fourth-order valence-corrected chi connectivity index (χ4v) is 2.66. The second kappa shape index (κ2) is 6.51. The van der Waals surface area contributed by atoms with Crippen molar-refractivity contribution in [1.29, 1.82) is 0 Å². The average molecular weight is 294 g/mol. The van der Waals surface area contributed by atoms with E-state index in [1.807, 2.05) is 0 Å². The summed E-state index contributed by atoms with van der Waals surface area (Å²) in [6, 6.07) is 0.991. The molecule has 2 rings (SSSR count). The quantitative estimate of drug-likeness (QED) is 0.661. The van der Waals surface area contributed by atoms with Gasteiger partial charge in [-0.05, 0) is 25.2 Å². The second-order valence-electron chi connectivity index (χ2n) is 5.29. The smallest absolute Gasteiger partial charge is 0.337 e.